The van der Waals surface area contributed by atoms with Crippen LogP contribution >= 0.6 is 23.2 Å². The van der Waals surface area contributed by atoms with E-state index in [9.17, 15) is 9.18 Å². The first-order valence-electron chi connectivity index (χ1n) is 7.46. The monoisotopic (exact) mass is 378 g/mol. The Bertz CT molecular complexity index is 874. The van der Waals surface area contributed by atoms with Crippen molar-refractivity contribution < 1.29 is 13.6 Å². The van der Waals surface area contributed by atoms with Crippen LogP contribution in [0.15, 0.2) is 53.1 Å². The predicted molar refractivity (Wildman–Crippen MR) is 95.3 cm³/mol. The molecule has 0 fully saturated rings. The number of hydrogen-bond acceptors (Lipinski definition) is 3. The van der Waals surface area contributed by atoms with Crippen LogP contribution in [0.5, 0.6) is 0 Å². The summed E-state index contributed by atoms with van der Waals surface area (Å²) in [6.45, 7) is 0. The van der Waals surface area contributed by atoms with Gasteiger partial charge >= 0.3 is 0 Å². The summed E-state index contributed by atoms with van der Waals surface area (Å²) in [5.74, 6) is 0.428. The molecular weight excluding hydrogens is 366 g/mol. The molecule has 0 saturated carbocycles. The highest BCUT2D eigenvalue weighted by Crippen LogP contribution is 2.23. The molecular formula is C18H13Cl2FN2O2. The van der Waals surface area contributed by atoms with Crippen LogP contribution in [0.4, 0.5) is 10.1 Å². The van der Waals surface area contributed by atoms with Gasteiger partial charge in [0, 0.05) is 34.1 Å². The fraction of sp³-hybridized carbons (Fsp3) is 0.111. The van der Waals surface area contributed by atoms with Gasteiger partial charge in [-0.25, -0.2) is 9.37 Å². The number of benzene rings is 2. The number of aromatic nitrogens is 1. The van der Waals surface area contributed by atoms with Crippen molar-refractivity contribution in [3.8, 4) is 11.3 Å². The van der Waals surface area contributed by atoms with Crippen molar-refractivity contribution in [2.24, 2.45) is 0 Å². The molecule has 1 heterocycles. The number of nitrogens with one attached hydrogen (secondary N) is 1. The van der Waals surface area contributed by atoms with Crippen molar-refractivity contribution in [1.29, 1.82) is 0 Å². The number of oxazole rings is 1. The number of amides is 1. The quantitative estimate of drug-likeness (QED) is 0.650. The minimum Gasteiger partial charge on any atom is -0.441 e. The predicted octanol–water partition coefficient (Wildman–Crippen LogP) is 5.36. The van der Waals surface area contributed by atoms with E-state index in [-0.39, 0.29) is 18.1 Å². The van der Waals surface area contributed by atoms with E-state index in [1.165, 1.54) is 12.1 Å². The van der Waals surface area contributed by atoms with Gasteiger partial charge in [0.05, 0.1) is 6.20 Å². The molecule has 1 aromatic heterocycles. The molecule has 0 spiro atoms. The highest BCUT2D eigenvalue weighted by atomic mass is 35.5. The maximum Gasteiger partial charge on any atom is 0.224 e. The molecule has 2 aromatic carbocycles. The van der Waals surface area contributed by atoms with E-state index in [1.807, 2.05) is 0 Å². The Labute approximate surface area is 153 Å². The molecule has 4 nitrogen and oxygen atoms in total. The highest BCUT2D eigenvalue weighted by molar-refractivity contribution is 6.35. The van der Waals surface area contributed by atoms with E-state index < -0.39 is 0 Å². The smallest absolute Gasteiger partial charge is 0.224 e. The number of carbonyl (C=O) groups excluding carboxylic acids is 1. The minimum atomic E-state index is -0.318. The zero-order chi connectivity index (χ0) is 17.8. The maximum absolute atomic E-state index is 12.9. The summed E-state index contributed by atoms with van der Waals surface area (Å²) in [5, 5.41) is 3.61. The lowest BCUT2D eigenvalue weighted by molar-refractivity contribution is -0.116. The summed E-state index contributed by atoms with van der Waals surface area (Å²) in [6.07, 6.45) is 2.08. The molecule has 7 heteroatoms. The summed E-state index contributed by atoms with van der Waals surface area (Å²) >= 11 is 11.8. The fourth-order valence-electron chi connectivity index (χ4n) is 2.24. The lowest BCUT2D eigenvalue weighted by atomic mass is 10.2. The second kappa shape index (κ2) is 7.68. The number of carbonyl (C=O) groups is 1. The molecule has 128 valence electrons. The summed E-state index contributed by atoms with van der Waals surface area (Å²) in [4.78, 5) is 16.2. The van der Waals surface area contributed by atoms with Crippen molar-refractivity contribution in [2.75, 3.05) is 5.32 Å². The third-order valence-corrected chi connectivity index (χ3v) is 3.83. The summed E-state index contributed by atoms with van der Waals surface area (Å²) in [7, 11) is 0. The van der Waals surface area contributed by atoms with Crippen LogP contribution in [-0.2, 0) is 11.2 Å². The van der Waals surface area contributed by atoms with Gasteiger partial charge in [-0.1, -0.05) is 23.2 Å². The Hall–Kier alpha value is -2.37. The molecule has 1 N–H and O–H groups in total. The van der Waals surface area contributed by atoms with Gasteiger partial charge in [-0.2, -0.15) is 0 Å². The van der Waals surface area contributed by atoms with Gasteiger partial charge in [0.2, 0.25) is 5.91 Å². The molecule has 0 unspecified atom stereocenters. The highest BCUT2D eigenvalue weighted by Gasteiger charge is 2.10. The molecule has 0 aliphatic carbocycles. The van der Waals surface area contributed by atoms with Gasteiger partial charge in [0.15, 0.2) is 11.7 Å². The van der Waals surface area contributed by atoms with Crippen molar-refractivity contribution in [3.63, 3.8) is 0 Å². The maximum atomic E-state index is 12.9. The number of aryl methyl sites for hydroxylation is 1. The van der Waals surface area contributed by atoms with Gasteiger partial charge in [-0.3, -0.25) is 4.79 Å². The lowest BCUT2D eigenvalue weighted by Crippen LogP contribution is -2.12. The normalized spacial score (nSPS) is 10.7. The standard InChI is InChI=1S/C18H13Cl2FN2O2/c19-12-7-13(20)9-15(8-12)23-17(24)5-6-18-22-10-16(25-18)11-1-3-14(21)4-2-11/h1-4,7-10H,5-6H2,(H,23,24). The van der Waals surface area contributed by atoms with Gasteiger partial charge < -0.3 is 9.73 Å². The van der Waals surface area contributed by atoms with Gasteiger partial charge in [-0.15, -0.1) is 0 Å². The molecule has 0 aliphatic heterocycles. The van der Waals surface area contributed by atoms with Crippen LogP contribution < -0.4 is 5.32 Å². The molecule has 0 saturated heterocycles. The topological polar surface area (TPSA) is 55.1 Å². The van der Waals surface area contributed by atoms with Crippen molar-refractivity contribution >= 4 is 34.8 Å². The van der Waals surface area contributed by atoms with Crippen molar-refractivity contribution in [3.05, 3.63) is 70.4 Å². The van der Waals surface area contributed by atoms with Crippen LogP contribution in [-0.4, -0.2) is 10.9 Å². The molecule has 0 aliphatic rings. The van der Waals surface area contributed by atoms with Gasteiger partial charge in [0.1, 0.15) is 5.82 Å². The zero-order valence-electron chi connectivity index (χ0n) is 12.9. The van der Waals surface area contributed by atoms with Crippen molar-refractivity contribution in [2.45, 2.75) is 12.8 Å². The molecule has 1 amide bonds. The summed E-state index contributed by atoms with van der Waals surface area (Å²) < 4.78 is 18.5. The van der Waals surface area contributed by atoms with E-state index in [0.717, 1.165) is 5.56 Å². The first kappa shape index (κ1) is 17.5. The Morgan fingerprint density at radius 1 is 1.12 bits per heavy atom. The zero-order valence-corrected chi connectivity index (χ0v) is 14.4. The first-order valence-corrected chi connectivity index (χ1v) is 8.22. The van der Waals surface area contributed by atoms with Crippen LogP contribution in [0.1, 0.15) is 12.3 Å². The van der Waals surface area contributed by atoms with E-state index in [4.69, 9.17) is 27.6 Å². The third kappa shape index (κ3) is 4.81. The summed E-state index contributed by atoms with van der Waals surface area (Å²) in [6, 6.07) is 10.7. The average Bonchev–Trinajstić information content (AvgIpc) is 3.01. The van der Waals surface area contributed by atoms with Crippen LogP contribution in [0.2, 0.25) is 10.0 Å². The number of hydrogen-bond donors (Lipinski definition) is 1. The molecule has 25 heavy (non-hydrogen) atoms. The van der Waals surface area contributed by atoms with Crippen LogP contribution in [0.3, 0.4) is 0 Å². The van der Waals surface area contributed by atoms with E-state index >= 15 is 0 Å². The lowest BCUT2D eigenvalue weighted by Gasteiger charge is -2.05. The average molecular weight is 379 g/mol. The van der Waals surface area contributed by atoms with Crippen molar-refractivity contribution in [1.82, 2.24) is 4.98 Å². The van der Waals surface area contributed by atoms with Gasteiger partial charge in [-0.05, 0) is 42.5 Å². The Morgan fingerprint density at radius 3 is 2.48 bits per heavy atom. The molecule has 0 atom stereocenters. The van der Waals surface area contributed by atoms with E-state index in [0.29, 0.717) is 33.8 Å². The number of halogens is 3. The summed E-state index contributed by atoms with van der Waals surface area (Å²) in [5.41, 5.74) is 1.25. The molecule has 3 aromatic rings. The second-order valence-corrected chi connectivity index (χ2v) is 6.20. The molecule has 3 rings (SSSR count). The van der Waals surface area contributed by atoms with Crippen LogP contribution in [0.25, 0.3) is 11.3 Å². The van der Waals surface area contributed by atoms with E-state index in [1.54, 1.807) is 36.5 Å². The largest absolute Gasteiger partial charge is 0.441 e. The Kier molecular flexibility index (Phi) is 5.36. The Balaban J connectivity index is 1.58. The van der Waals surface area contributed by atoms with Gasteiger partial charge in [0.25, 0.3) is 0 Å². The second-order valence-electron chi connectivity index (χ2n) is 5.33. The molecule has 0 radical (unpaired) electrons. The van der Waals surface area contributed by atoms with E-state index in [2.05, 4.69) is 10.3 Å². The Morgan fingerprint density at radius 2 is 1.80 bits per heavy atom. The minimum absolute atomic E-state index is 0.188. The third-order valence-electron chi connectivity index (χ3n) is 3.39. The molecule has 0 bridgehead atoms. The number of nitrogens with zero attached hydrogens (tertiary/aromatic N) is 1. The van der Waals surface area contributed by atoms with Crippen LogP contribution in [0, 0.1) is 5.82 Å². The first-order chi connectivity index (χ1) is 12.0. The number of anilines is 1. The number of rotatable bonds is 5. The SMILES string of the molecule is O=C(CCc1ncc(-c2ccc(F)cc2)o1)Nc1cc(Cl)cc(Cl)c1. The fourth-order valence-corrected chi connectivity index (χ4v) is 2.77.